The number of hydrogen-bond donors (Lipinski definition) is 1. The number of thioether (sulfide) groups is 1. The van der Waals surface area contributed by atoms with Crippen molar-refractivity contribution in [1.29, 1.82) is 0 Å². The Kier molecular flexibility index (Phi) is 6.84. The Labute approximate surface area is 131 Å². The molecule has 2 rings (SSSR count). The summed E-state index contributed by atoms with van der Waals surface area (Å²) in [6.45, 7) is 3.78. The number of allylic oxidation sites excluding steroid dienone is 2. The van der Waals surface area contributed by atoms with E-state index in [9.17, 15) is 4.79 Å². The van der Waals surface area contributed by atoms with Gasteiger partial charge in [-0.2, -0.15) is 11.8 Å². The molecule has 2 aliphatic heterocycles. The SMILES string of the molecule is C=CCSCC1C2CCC(O2)C1C/C=C\CCCC(=O)O. The highest BCUT2D eigenvalue weighted by atomic mass is 32.2. The summed E-state index contributed by atoms with van der Waals surface area (Å²) in [5.74, 6) is 2.81. The van der Waals surface area contributed by atoms with Gasteiger partial charge < -0.3 is 9.84 Å². The Hall–Kier alpha value is -0.740. The second kappa shape index (κ2) is 8.64. The molecule has 0 amide bonds. The monoisotopic (exact) mass is 310 g/mol. The van der Waals surface area contributed by atoms with Crippen LogP contribution in [-0.4, -0.2) is 34.8 Å². The highest BCUT2D eigenvalue weighted by Crippen LogP contribution is 2.46. The van der Waals surface area contributed by atoms with Gasteiger partial charge in [-0.25, -0.2) is 0 Å². The molecule has 4 unspecified atom stereocenters. The maximum atomic E-state index is 10.4. The van der Waals surface area contributed by atoms with Gasteiger partial charge in [-0.15, -0.1) is 6.58 Å². The predicted molar refractivity (Wildman–Crippen MR) is 87.6 cm³/mol. The van der Waals surface area contributed by atoms with Crippen LogP contribution in [0.15, 0.2) is 24.8 Å². The lowest BCUT2D eigenvalue weighted by molar-refractivity contribution is -0.137. The average Bonchev–Trinajstić information content (AvgIpc) is 3.04. The average molecular weight is 310 g/mol. The van der Waals surface area contributed by atoms with Crippen molar-refractivity contribution in [3.05, 3.63) is 24.8 Å². The van der Waals surface area contributed by atoms with E-state index in [-0.39, 0.29) is 6.42 Å². The summed E-state index contributed by atoms with van der Waals surface area (Å²) >= 11 is 1.96. The molecule has 2 fully saturated rings. The first-order valence-electron chi connectivity index (χ1n) is 7.93. The molecule has 0 spiro atoms. The number of fused-ring (bicyclic) bond motifs is 2. The zero-order valence-electron chi connectivity index (χ0n) is 12.6. The Morgan fingerprint density at radius 3 is 2.76 bits per heavy atom. The van der Waals surface area contributed by atoms with Gasteiger partial charge in [0.05, 0.1) is 12.2 Å². The van der Waals surface area contributed by atoms with Crippen molar-refractivity contribution in [2.45, 2.75) is 50.7 Å². The van der Waals surface area contributed by atoms with Gasteiger partial charge in [-0.3, -0.25) is 4.79 Å². The van der Waals surface area contributed by atoms with Crippen LogP contribution in [0.25, 0.3) is 0 Å². The van der Waals surface area contributed by atoms with Crippen LogP contribution in [0.1, 0.15) is 38.5 Å². The van der Waals surface area contributed by atoms with Crippen LogP contribution in [0, 0.1) is 11.8 Å². The Morgan fingerprint density at radius 1 is 1.29 bits per heavy atom. The molecule has 0 aromatic heterocycles. The van der Waals surface area contributed by atoms with Crippen molar-refractivity contribution in [3.63, 3.8) is 0 Å². The lowest BCUT2D eigenvalue weighted by Gasteiger charge is -2.26. The van der Waals surface area contributed by atoms with E-state index in [0.29, 0.717) is 24.0 Å². The van der Waals surface area contributed by atoms with E-state index in [1.165, 1.54) is 18.6 Å². The van der Waals surface area contributed by atoms with Crippen LogP contribution < -0.4 is 0 Å². The first-order valence-corrected chi connectivity index (χ1v) is 9.08. The number of carbonyl (C=O) groups is 1. The van der Waals surface area contributed by atoms with E-state index in [1.807, 2.05) is 17.8 Å². The van der Waals surface area contributed by atoms with Crippen LogP contribution >= 0.6 is 11.8 Å². The number of rotatable bonds is 10. The third kappa shape index (κ3) is 4.89. The molecule has 2 bridgehead atoms. The zero-order valence-corrected chi connectivity index (χ0v) is 13.4. The van der Waals surface area contributed by atoms with Gasteiger partial charge in [0.2, 0.25) is 0 Å². The van der Waals surface area contributed by atoms with Crippen molar-refractivity contribution >= 4 is 17.7 Å². The first-order chi connectivity index (χ1) is 10.2. The Morgan fingerprint density at radius 2 is 2.05 bits per heavy atom. The highest BCUT2D eigenvalue weighted by Gasteiger charge is 2.47. The van der Waals surface area contributed by atoms with Gasteiger partial charge in [-0.1, -0.05) is 18.2 Å². The molecule has 2 heterocycles. The molecule has 3 nitrogen and oxygen atoms in total. The van der Waals surface area contributed by atoms with Gasteiger partial charge in [-0.05, 0) is 49.7 Å². The predicted octanol–water partition coefficient (Wildman–Crippen LogP) is 3.90. The highest BCUT2D eigenvalue weighted by molar-refractivity contribution is 7.99. The summed E-state index contributed by atoms with van der Waals surface area (Å²) in [6, 6.07) is 0. The number of carboxylic acid groups (broad SMARTS) is 1. The molecule has 2 aliphatic rings. The minimum atomic E-state index is -0.704. The van der Waals surface area contributed by atoms with E-state index in [2.05, 4.69) is 18.7 Å². The molecule has 1 N–H and O–H groups in total. The van der Waals surface area contributed by atoms with Crippen molar-refractivity contribution in [1.82, 2.24) is 0 Å². The smallest absolute Gasteiger partial charge is 0.303 e. The van der Waals surface area contributed by atoms with Gasteiger partial charge in [0, 0.05) is 12.2 Å². The summed E-state index contributed by atoms with van der Waals surface area (Å²) in [4.78, 5) is 10.4. The number of carboxylic acids is 1. The Balaban J connectivity index is 1.73. The van der Waals surface area contributed by atoms with Gasteiger partial charge in [0.1, 0.15) is 0 Å². The van der Waals surface area contributed by atoms with Crippen LogP contribution in [0.3, 0.4) is 0 Å². The van der Waals surface area contributed by atoms with E-state index in [0.717, 1.165) is 25.0 Å². The van der Waals surface area contributed by atoms with Gasteiger partial charge in [0.25, 0.3) is 0 Å². The molecule has 0 radical (unpaired) electrons. The van der Waals surface area contributed by atoms with Crippen LogP contribution in [-0.2, 0) is 9.53 Å². The van der Waals surface area contributed by atoms with Crippen molar-refractivity contribution < 1.29 is 14.6 Å². The second-order valence-corrected chi connectivity index (χ2v) is 7.01. The third-order valence-corrected chi connectivity index (χ3v) is 5.56. The third-order valence-electron chi connectivity index (χ3n) is 4.47. The summed E-state index contributed by atoms with van der Waals surface area (Å²) in [5, 5.41) is 8.60. The van der Waals surface area contributed by atoms with Gasteiger partial charge in [0.15, 0.2) is 0 Å². The van der Waals surface area contributed by atoms with Gasteiger partial charge >= 0.3 is 5.97 Å². The summed E-state index contributed by atoms with van der Waals surface area (Å²) in [7, 11) is 0. The minimum Gasteiger partial charge on any atom is -0.481 e. The van der Waals surface area contributed by atoms with Crippen molar-refractivity contribution in [2.75, 3.05) is 11.5 Å². The molecule has 4 heteroatoms. The fourth-order valence-electron chi connectivity index (χ4n) is 3.46. The van der Waals surface area contributed by atoms with Crippen LogP contribution in [0.2, 0.25) is 0 Å². The fraction of sp³-hybridized carbons (Fsp3) is 0.706. The molecule has 0 aromatic rings. The molecule has 0 saturated carbocycles. The summed E-state index contributed by atoms with van der Waals surface area (Å²) in [6.07, 6.45) is 12.6. The number of unbranched alkanes of at least 4 members (excludes halogenated alkanes) is 1. The lowest BCUT2D eigenvalue weighted by Crippen LogP contribution is -2.28. The maximum Gasteiger partial charge on any atom is 0.303 e. The number of hydrogen-bond acceptors (Lipinski definition) is 3. The second-order valence-electron chi connectivity index (χ2n) is 5.94. The lowest BCUT2D eigenvalue weighted by atomic mass is 9.78. The fourth-order valence-corrected chi connectivity index (χ4v) is 4.49. The molecule has 21 heavy (non-hydrogen) atoms. The standard InChI is InChI=1S/C17H26O3S/c1-2-11-21-12-14-13(15-9-10-16(14)20-15)7-5-3-4-6-8-17(18)19/h2-3,5,13-16H,1,4,6-12H2,(H,18,19)/b5-3-. The molecular formula is C17H26O3S. The number of ether oxygens (including phenoxy) is 1. The van der Waals surface area contributed by atoms with E-state index >= 15 is 0 Å². The summed E-state index contributed by atoms with van der Waals surface area (Å²) < 4.78 is 6.09. The van der Waals surface area contributed by atoms with Crippen molar-refractivity contribution in [3.8, 4) is 0 Å². The first kappa shape index (κ1) is 16.6. The van der Waals surface area contributed by atoms with Crippen molar-refractivity contribution in [2.24, 2.45) is 11.8 Å². The molecule has 0 aromatic carbocycles. The molecular weight excluding hydrogens is 284 g/mol. The molecule has 118 valence electrons. The van der Waals surface area contributed by atoms with Crippen LogP contribution in [0.4, 0.5) is 0 Å². The normalized spacial score (nSPS) is 31.0. The Bertz CT molecular complexity index is 380. The van der Waals surface area contributed by atoms with Crippen LogP contribution in [0.5, 0.6) is 0 Å². The molecule has 2 saturated heterocycles. The largest absolute Gasteiger partial charge is 0.481 e. The minimum absolute atomic E-state index is 0.266. The maximum absolute atomic E-state index is 10.4. The van der Waals surface area contributed by atoms with E-state index < -0.39 is 5.97 Å². The zero-order chi connectivity index (χ0) is 15.1. The topological polar surface area (TPSA) is 46.5 Å². The number of aliphatic carboxylic acids is 1. The molecule has 4 atom stereocenters. The quantitative estimate of drug-likeness (QED) is 0.491. The van der Waals surface area contributed by atoms with E-state index in [1.54, 1.807) is 0 Å². The van der Waals surface area contributed by atoms with E-state index in [4.69, 9.17) is 9.84 Å². The molecule has 0 aliphatic carbocycles. The summed E-state index contributed by atoms with van der Waals surface area (Å²) in [5.41, 5.74) is 0.